The highest BCUT2D eigenvalue weighted by Gasteiger charge is 2.39. The van der Waals surface area contributed by atoms with E-state index in [4.69, 9.17) is 0 Å². The van der Waals surface area contributed by atoms with Gasteiger partial charge in [0.15, 0.2) is 5.82 Å². The first-order valence-corrected chi connectivity index (χ1v) is 11.8. The summed E-state index contributed by atoms with van der Waals surface area (Å²) in [6.07, 6.45) is 0.258. The molecule has 37 heavy (non-hydrogen) atoms. The lowest BCUT2D eigenvalue weighted by Gasteiger charge is -2.29. The first-order valence-electron chi connectivity index (χ1n) is 11.8. The van der Waals surface area contributed by atoms with Gasteiger partial charge < -0.3 is 5.32 Å². The zero-order valence-corrected chi connectivity index (χ0v) is 20.0. The molecule has 5 rings (SSSR count). The fourth-order valence-electron chi connectivity index (χ4n) is 4.48. The summed E-state index contributed by atoms with van der Waals surface area (Å²) in [4.78, 5) is 27.4. The van der Waals surface area contributed by atoms with Crippen LogP contribution in [0.1, 0.15) is 18.2 Å². The van der Waals surface area contributed by atoms with E-state index in [-0.39, 0.29) is 23.4 Å². The van der Waals surface area contributed by atoms with E-state index in [1.54, 1.807) is 43.3 Å². The summed E-state index contributed by atoms with van der Waals surface area (Å²) in [5.41, 5.74) is -0.273. The lowest BCUT2D eigenvalue weighted by molar-refractivity contribution is -0.121. The molecular formula is C30H23F2N3O2. The average molecular weight is 496 g/mol. The number of hydrogen-bond acceptors (Lipinski definition) is 3. The Labute approximate surface area is 212 Å². The minimum absolute atomic E-state index is 0.205. The first kappa shape index (κ1) is 24.1. The number of anilines is 1. The minimum Gasteiger partial charge on any atom is -0.325 e. The molecule has 1 unspecified atom stereocenters. The number of halogens is 2. The molecule has 0 radical (unpaired) electrons. The predicted molar refractivity (Wildman–Crippen MR) is 140 cm³/mol. The molecule has 1 atom stereocenters. The van der Waals surface area contributed by atoms with Gasteiger partial charge in [-0.05, 0) is 49.2 Å². The van der Waals surface area contributed by atoms with Gasteiger partial charge in [-0.1, -0.05) is 66.7 Å². The average Bonchev–Trinajstić information content (AvgIpc) is 2.90. The summed E-state index contributed by atoms with van der Waals surface area (Å²) in [7, 11) is 0. The van der Waals surface area contributed by atoms with Crippen molar-refractivity contribution in [2.45, 2.75) is 18.8 Å². The van der Waals surface area contributed by atoms with Crippen molar-refractivity contribution < 1.29 is 13.6 Å². The van der Waals surface area contributed by atoms with Gasteiger partial charge in [0.2, 0.25) is 5.91 Å². The van der Waals surface area contributed by atoms with Crippen LogP contribution in [0.25, 0.3) is 16.5 Å². The maximum Gasteiger partial charge on any atom is 0.279 e. The Morgan fingerprint density at radius 1 is 0.865 bits per heavy atom. The van der Waals surface area contributed by atoms with E-state index in [1.165, 1.54) is 0 Å². The number of nitrogens with zero attached hydrogens (tertiary/aromatic N) is 2. The van der Waals surface area contributed by atoms with Crippen molar-refractivity contribution >= 4 is 22.4 Å². The van der Waals surface area contributed by atoms with Crippen molar-refractivity contribution in [1.29, 1.82) is 0 Å². The summed E-state index contributed by atoms with van der Waals surface area (Å²) >= 11 is 0. The van der Waals surface area contributed by atoms with Crippen molar-refractivity contribution in [3.8, 4) is 5.69 Å². The van der Waals surface area contributed by atoms with Crippen LogP contribution in [0.4, 0.5) is 14.5 Å². The van der Waals surface area contributed by atoms with E-state index in [9.17, 15) is 18.4 Å². The van der Waals surface area contributed by atoms with Crippen LogP contribution in [0.15, 0.2) is 108 Å². The zero-order chi connectivity index (χ0) is 26.0. The van der Waals surface area contributed by atoms with Crippen LogP contribution >= 0.6 is 0 Å². The molecule has 5 nitrogen and oxygen atoms in total. The molecule has 4 aromatic carbocycles. The molecule has 7 heteroatoms. The predicted octanol–water partition coefficient (Wildman–Crippen LogP) is 5.80. The molecule has 0 aliphatic heterocycles. The van der Waals surface area contributed by atoms with Gasteiger partial charge in [0.1, 0.15) is 11.5 Å². The molecule has 1 N–H and O–H groups in total. The molecule has 0 fully saturated rings. The maximum atomic E-state index is 14.8. The van der Waals surface area contributed by atoms with Crippen LogP contribution in [-0.2, 0) is 16.6 Å². The van der Waals surface area contributed by atoms with Gasteiger partial charge in [0.05, 0.1) is 16.5 Å². The third-order valence-electron chi connectivity index (χ3n) is 6.40. The summed E-state index contributed by atoms with van der Waals surface area (Å²) in [5, 5.41) is 8.29. The molecule has 0 saturated carbocycles. The highest BCUT2D eigenvalue weighted by molar-refractivity contribution is 6.01. The van der Waals surface area contributed by atoms with Crippen LogP contribution in [-0.4, -0.2) is 15.7 Å². The topological polar surface area (TPSA) is 64.0 Å². The van der Waals surface area contributed by atoms with E-state index in [0.29, 0.717) is 22.8 Å². The number of benzene rings is 4. The fourth-order valence-corrected chi connectivity index (χ4v) is 4.48. The van der Waals surface area contributed by atoms with Crippen LogP contribution in [0.3, 0.4) is 0 Å². The molecule has 0 aliphatic rings. The lowest BCUT2D eigenvalue weighted by Crippen LogP contribution is -2.42. The second-order valence-corrected chi connectivity index (χ2v) is 9.02. The highest BCUT2D eigenvalue weighted by Crippen LogP contribution is 2.33. The molecule has 0 spiro atoms. The summed E-state index contributed by atoms with van der Waals surface area (Å²) < 4.78 is 29.4. The van der Waals surface area contributed by atoms with E-state index in [2.05, 4.69) is 10.4 Å². The van der Waals surface area contributed by atoms with Gasteiger partial charge in [-0.25, -0.2) is 8.78 Å². The Balaban J connectivity index is 1.76. The molecular weight excluding hydrogens is 472 g/mol. The Kier molecular flexibility index (Phi) is 6.36. The van der Waals surface area contributed by atoms with Crippen LogP contribution < -0.4 is 10.9 Å². The second-order valence-electron chi connectivity index (χ2n) is 9.02. The Hall–Kier alpha value is -4.65. The minimum atomic E-state index is -1.28. The number of nitrogens with one attached hydrogen (secondary N) is 1. The normalized spacial score (nSPS) is 12.7. The number of para-hydroxylation sites is 1. The molecule has 5 aromatic rings. The van der Waals surface area contributed by atoms with E-state index < -0.39 is 22.6 Å². The first-order chi connectivity index (χ1) is 17.9. The van der Waals surface area contributed by atoms with Gasteiger partial charge in [-0.15, -0.1) is 0 Å². The van der Waals surface area contributed by atoms with Crippen molar-refractivity contribution in [2.24, 2.45) is 0 Å². The molecule has 0 saturated heterocycles. The molecule has 1 aromatic heterocycles. The summed E-state index contributed by atoms with van der Waals surface area (Å²) in [5.74, 6) is -2.05. The standard InChI is InChI=1S/C30H23F2N3O2/c1-30(19-20-10-4-2-5-11-20,29(37)33-22-12-6-3-7-13-22)27-23-14-8-9-15-24(23)28(36)35(34-27)26-17-16-21(31)18-25(26)32/h2-18H,19H2,1H3,(H,33,37). The van der Waals surface area contributed by atoms with Crippen molar-refractivity contribution in [1.82, 2.24) is 9.78 Å². The summed E-state index contributed by atoms with van der Waals surface area (Å²) in [6, 6.07) is 28.2. The molecule has 0 aliphatic carbocycles. The largest absolute Gasteiger partial charge is 0.325 e. The quantitative estimate of drug-likeness (QED) is 0.324. The van der Waals surface area contributed by atoms with Crippen molar-refractivity contribution in [3.63, 3.8) is 0 Å². The zero-order valence-electron chi connectivity index (χ0n) is 20.0. The number of carbonyl (C=O) groups excluding carboxylic acids is 1. The SMILES string of the molecule is CC(Cc1ccccc1)(C(=O)Nc1ccccc1)c1nn(-c2ccc(F)cc2F)c(=O)c2ccccc12. The number of rotatable bonds is 6. The number of amides is 1. The smallest absolute Gasteiger partial charge is 0.279 e. The second kappa shape index (κ2) is 9.78. The maximum absolute atomic E-state index is 14.8. The van der Waals surface area contributed by atoms with Gasteiger partial charge in [-0.2, -0.15) is 9.78 Å². The number of aromatic nitrogens is 2. The van der Waals surface area contributed by atoms with Crippen LogP contribution in [0.2, 0.25) is 0 Å². The van der Waals surface area contributed by atoms with Gasteiger partial charge in [0.25, 0.3) is 5.56 Å². The molecule has 1 heterocycles. The molecule has 0 bridgehead atoms. The third-order valence-corrected chi connectivity index (χ3v) is 6.40. The Morgan fingerprint density at radius 2 is 1.49 bits per heavy atom. The van der Waals surface area contributed by atoms with Gasteiger partial charge in [0, 0.05) is 17.1 Å². The van der Waals surface area contributed by atoms with Crippen LogP contribution in [0.5, 0.6) is 0 Å². The van der Waals surface area contributed by atoms with Crippen molar-refractivity contribution in [2.75, 3.05) is 5.32 Å². The van der Waals surface area contributed by atoms with E-state index in [0.717, 1.165) is 22.4 Å². The monoisotopic (exact) mass is 495 g/mol. The Morgan fingerprint density at radius 3 is 2.16 bits per heavy atom. The van der Waals surface area contributed by atoms with Gasteiger partial charge in [-0.3, -0.25) is 9.59 Å². The molecule has 184 valence electrons. The van der Waals surface area contributed by atoms with Crippen LogP contribution in [0, 0.1) is 11.6 Å². The summed E-state index contributed by atoms with van der Waals surface area (Å²) in [6.45, 7) is 1.75. The van der Waals surface area contributed by atoms with Crippen molar-refractivity contribution in [3.05, 3.63) is 136 Å². The van der Waals surface area contributed by atoms with E-state index in [1.807, 2.05) is 48.5 Å². The van der Waals surface area contributed by atoms with E-state index >= 15 is 0 Å². The number of fused-ring (bicyclic) bond motifs is 1. The fraction of sp³-hybridized carbons (Fsp3) is 0.100. The number of carbonyl (C=O) groups is 1. The molecule has 1 amide bonds. The Bertz CT molecular complexity index is 1650. The highest BCUT2D eigenvalue weighted by atomic mass is 19.1. The lowest BCUT2D eigenvalue weighted by atomic mass is 9.77. The van der Waals surface area contributed by atoms with Gasteiger partial charge >= 0.3 is 0 Å². The number of hydrogen-bond donors (Lipinski definition) is 1. The third kappa shape index (κ3) is 4.63.